The van der Waals surface area contributed by atoms with E-state index in [1.807, 2.05) is 36.4 Å². The van der Waals surface area contributed by atoms with Gasteiger partial charge in [0, 0.05) is 12.1 Å². The lowest BCUT2D eigenvalue weighted by Gasteiger charge is -2.24. The molecule has 1 aliphatic heterocycles. The van der Waals surface area contributed by atoms with Crippen molar-refractivity contribution in [2.24, 2.45) is 0 Å². The quantitative estimate of drug-likeness (QED) is 0.876. The lowest BCUT2D eigenvalue weighted by Crippen LogP contribution is -2.38. The van der Waals surface area contributed by atoms with Crippen LogP contribution in [0.15, 0.2) is 42.5 Å². The zero-order valence-corrected chi connectivity index (χ0v) is 14.0. The first-order valence-electron chi connectivity index (χ1n) is 8.33. The number of fused-ring (bicyclic) bond motifs is 1. The molecule has 1 atom stereocenters. The third-order valence-electron chi connectivity index (χ3n) is 4.37. The number of hydrogen-bond acceptors (Lipinski definition) is 3. The molecule has 0 bridgehead atoms. The Morgan fingerprint density at radius 3 is 2.42 bits per heavy atom. The molecule has 0 fully saturated rings. The Hall–Kier alpha value is -2.62. The second-order valence-electron chi connectivity index (χ2n) is 5.98. The first kappa shape index (κ1) is 16.2. The molecule has 0 aromatic heterocycles. The normalized spacial score (nSPS) is 16.2. The molecule has 0 saturated heterocycles. The monoisotopic (exact) mass is 323 g/mol. The highest BCUT2D eigenvalue weighted by atomic mass is 16.5. The van der Waals surface area contributed by atoms with E-state index in [0.717, 1.165) is 24.0 Å². The van der Waals surface area contributed by atoms with Crippen molar-refractivity contribution in [1.82, 2.24) is 0 Å². The number of esters is 1. The fourth-order valence-electron chi connectivity index (χ4n) is 2.86. The Morgan fingerprint density at radius 2 is 1.75 bits per heavy atom. The van der Waals surface area contributed by atoms with Gasteiger partial charge in [0.25, 0.3) is 5.91 Å². The van der Waals surface area contributed by atoms with Gasteiger partial charge in [-0.15, -0.1) is 0 Å². The summed E-state index contributed by atoms with van der Waals surface area (Å²) in [6.45, 7) is 4.14. The minimum Gasteiger partial charge on any atom is -0.448 e. The van der Waals surface area contributed by atoms with E-state index in [1.165, 1.54) is 5.56 Å². The second kappa shape index (κ2) is 6.87. The largest absolute Gasteiger partial charge is 0.448 e. The molecule has 2 aromatic rings. The van der Waals surface area contributed by atoms with E-state index in [0.29, 0.717) is 17.7 Å². The first-order valence-corrected chi connectivity index (χ1v) is 8.33. The number of rotatable bonds is 4. The maximum Gasteiger partial charge on any atom is 0.339 e. The van der Waals surface area contributed by atoms with Crippen LogP contribution in [0.5, 0.6) is 0 Å². The Bertz CT molecular complexity index is 765. The third-order valence-corrected chi connectivity index (χ3v) is 4.37. The molecule has 2 aromatic carbocycles. The fourth-order valence-corrected chi connectivity index (χ4v) is 2.86. The van der Waals surface area contributed by atoms with Crippen molar-refractivity contribution in [2.45, 2.75) is 39.2 Å². The van der Waals surface area contributed by atoms with Crippen LogP contribution in [0, 0.1) is 0 Å². The number of ether oxygens (including phenoxy) is 1. The van der Waals surface area contributed by atoms with Crippen molar-refractivity contribution < 1.29 is 14.3 Å². The molecule has 1 unspecified atom stereocenters. The number of anilines is 1. The zero-order valence-electron chi connectivity index (χ0n) is 14.0. The summed E-state index contributed by atoms with van der Waals surface area (Å²) in [5.74, 6) is -0.722. The van der Waals surface area contributed by atoms with Crippen LogP contribution in [0.4, 0.5) is 5.69 Å². The number of cyclic esters (lactones) is 1. The van der Waals surface area contributed by atoms with Crippen LogP contribution in [0.2, 0.25) is 0 Å². The molecule has 3 rings (SSSR count). The summed E-state index contributed by atoms with van der Waals surface area (Å²) < 4.78 is 5.31. The lowest BCUT2D eigenvalue weighted by atomic mass is 9.95. The average Bonchev–Trinajstić information content (AvgIpc) is 2.61. The molecule has 24 heavy (non-hydrogen) atoms. The van der Waals surface area contributed by atoms with Gasteiger partial charge in [-0.1, -0.05) is 38.1 Å². The van der Waals surface area contributed by atoms with Gasteiger partial charge in [-0.25, -0.2) is 4.79 Å². The molecule has 124 valence electrons. The molecule has 1 amide bonds. The number of aryl methyl sites for hydroxylation is 2. The van der Waals surface area contributed by atoms with E-state index >= 15 is 0 Å². The maximum absolute atomic E-state index is 12.4. The van der Waals surface area contributed by atoms with Crippen molar-refractivity contribution in [2.75, 3.05) is 5.32 Å². The number of nitrogens with one attached hydrogen (secondary N) is 1. The standard InChI is InChI=1S/C20H21NO3/c1-3-13-5-8-16(9-6-13)21-19(22)18-12-15-11-14(4-2)7-10-17(15)20(23)24-18/h5-11,18H,3-4,12H2,1-2H3,(H,21,22). The van der Waals surface area contributed by atoms with Crippen LogP contribution in [0.1, 0.15) is 40.9 Å². The molecular weight excluding hydrogens is 302 g/mol. The number of carbonyl (C=O) groups is 2. The van der Waals surface area contributed by atoms with Crippen molar-refractivity contribution in [1.29, 1.82) is 0 Å². The highest BCUT2D eigenvalue weighted by Gasteiger charge is 2.31. The Kier molecular flexibility index (Phi) is 4.65. The highest BCUT2D eigenvalue weighted by Crippen LogP contribution is 2.23. The van der Waals surface area contributed by atoms with Crippen LogP contribution in [-0.2, 0) is 28.8 Å². The third kappa shape index (κ3) is 3.32. The van der Waals surface area contributed by atoms with Crippen LogP contribution in [0.3, 0.4) is 0 Å². The predicted octanol–water partition coefficient (Wildman–Crippen LogP) is 3.53. The molecule has 1 N–H and O–H groups in total. The summed E-state index contributed by atoms with van der Waals surface area (Å²) in [5.41, 5.74) is 4.51. The van der Waals surface area contributed by atoms with Crippen LogP contribution < -0.4 is 5.32 Å². The van der Waals surface area contributed by atoms with E-state index < -0.39 is 12.1 Å². The van der Waals surface area contributed by atoms with Crippen molar-refractivity contribution in [3.05, 3.63) is 64.7 Å². The molecule has 0 aliphatic carbocycles. The molecule has 4 heteroatoms. The van der Waals surface area contributed by atoms with Crippen molar-refractivity contribution >= 4 is 17.6 Å². The minimum absolute atomic E-state index is 0.292. The highest BCUT2D eigenvalue weighted by molar-refractivity contribution is 6.00. The average molecular weight is 323 g/mol. The SMILES string of the molecule is CCc1ccc(NC(=O)C2Cc3cc(CC)ccc3C(=O)O2)cc1. The fraction of sp³-hybridized carbons (Fsp3) is 0.300. The summed E-state index contributed by atoms with van der Waals surface area (Å²) in [7, 11) is 0. The van der Waals surface area contributed by atoms with E-state index in [1.54, 1.807) is 6.07 Å². The van der Waals surface area contributed by atoms with Crippen molar-refractivity contribution in [3.63, 3.8) is 0 Å². The second-order valence-corrected chi connectivity index (χ2v) is 5.98. The predicted molar refractivity (Wildman–Crippen MR) is 93.2 cm³/mol. The van der Waals surface area contributed by atoms with Gasteiger partial charge in [0.1, 0.15) is 0 Å². The van der Waals surface area contributed by atoms with Crippen LogP contribution in [0.25, 0.3) is 0 Å². The summed E-state index contributed by atoms with van der Waals surface area (Å²) in [6, 6.07) is 13.4. The zero-order chi connectivity index (χ0) is 17.1. The smallest absolute Gasteiger partial charge is 0.339 e. The Balaban J connectivity index is 1.74. The van der Waals surface area contributed by atoms with Gasteiger partial charge >= 0.3 is 5.97 Å². The van der Waals surface area contributed by atoms with E-state index in [4.69, 9.17) is 4.74 Å². The topological polar surface area (TPSA) is 55.4 Å². The van der Waals surface area contributed by atoms with Gasteiger partial charge in [0.15, 0.2) is 6.10 Å². The van der Waals surface area contributed by atoms with Gasteiger partial charge in [-0.05, 0) is 47.7 Å². The molecule has 0 radical (unpaired) electrons. The van der Waals surface area contributed by atoms with Crippen molar-refractivity contribution in [3.8, 4) is 0 Å². The van der Waals surface area contributed by atoms with E-state index in [9.17, 15) is 9.59 Å². The number of carbonyl (C=O) groups excluding carboxylic acids is 2. The maximum atomic E-state index is 12.4. The first-order chi connectivity index (χ1) is 11.6. The van der Waals surface area contributed by atoms with E-state index in [2.05, 4.69) is 19.2 Å². The molecule has 4 nitrogen and oxygen atoms in total. The van der Waals surface area contributed by atoms with Gasteiger partial charge in [-0.2, -0.15) is 0 Å². The Labute approximate surface area is 141 Å². The minimum atomic E-state index is -0.789. The van der Waals surface area contributed by atoms with E-state index in [-0.39, 0.29) is 5.91 Å². The van der Waals surface area contributed by atoms with Crippen LogP contribution in [-0.4, -0.2) is 18.0 Å². The van der Waals surface area contributed by atoms with Gasteiger partial charge in [-0.3, -0.25) is 4.79 Å². The van der Waals surface area contributed by atoms with Crippen LogP contribution >= 0.6 is 0 Å². The van der Waals surface area contributed by atoms with Gasteiger partial charge in [0.2, 0.25) is 0 Å². The van der Waals surface area contributed by atoms with Gasteiger partial charge in [0.05, 0.1) is 5.56 Å². The number of amides is 1. The summed E-state index contributed by atoms with van der Waals surface area (Å²) >= 11 is 0. The lowest BCUT2D eigenvalue weighted by molar-refractivity contribution is -0.125. The summed E-state index contributed by atoms with van der Waals surface area (Å²) in [4.78, 5) is 24.6. The number of hydrogen-bond donors (Lipinski definition) is 1. The Morgan fingerprint density at radius 1 is 1.08 bits per heavy atom. The molecule has 1 aliphatic rings. The summed E-state index contributed by atoms with van der Waals surface area (Å²) in [5, 5.41) is 2.83. The number of benzene rings is 2. The summed E-state index contributed by atoms with van der Waals surface area (Å²) in [6.07, 6.45) is 1.46. The molecular formula is C20H21NO3. The molecule has 1 heterocycles. The molecule has 0 saturated carbocycles. The van der Waals surface area contributed by atoms with Gasteiger partial charge < -0.3 is 10.1 Å². The molecule has 0 spiro atoms.